The monoisotopic (exact) mass is 308 g/mol. The Bertz CT molecular complexity index is 706. The summed E-state index contributed by atoms with van der Waals surface area (Å²) in [6, 6.07) is 9.59. The van der Waals surface area contributed by atoms with Crippen molar-refractivity contribution in [2.45, 2.75) is 5.88 Å². The van der Waals surface area contributed by atoms with E-state index in [1.165, 1.54) is 0 Å². The Morgan fingerprint density at radius 1 is 1.29 bits per heavy atom. The number of rotatable bonds is 4. The maximum Gasteiger partial charge on any atom is 0.285 e. The highest BCUT2D eigenvalue weighted by molar-refractivity contribution is 6.17. The highest BCUT2D eigenvalue weighted by Crippen LogP contribution is 2.23. The number of hydrogen-bond donors (Lipinski definition) is 1. The number of carbonyl (C=O) groups is 1. The van der Waals surface area contributed by atoms with E-state index >= 15 is 0 Å². The Balaban J connectivity index is 2.35. The van der Waals surface area contributed by atoms with E-state index in [0.29, 0.717) is 17.3 Å². The van der Waals surface area contributed by atoms with Crippen LogP contribution in [0.3, 0.4) is 0 Å². The number of nitrogens with zero attached hydrogens (tertiary/aromatic N) is 1. The van der Waals surface area contributed by atoms with Gasteiger partial charge < -0.3 is 5.32 Å². The zero-order valence-corrected chi connectivity index (χ0v) is 11.4. The summed E-state index contributed by atoms with van der Waals surface area (Å²) in [4.78, 5) is 22.2. The topological polar surface area (TPSA) is 72.2 Å². The minimum atomic E-state index is -0.800. The number of benzene rings is 2. The Labute approximate surface area is 124 Å². The molecule has 2 aromatic rings. The lowest BCUT2D eigenvalue weighted by molar-refractivity contribution is -0.385. The van der Waals surface area contributed by atoms with Crippen molar-refractivity contribution in [2.75, 3.05) is 5.32 Å². The molecule has 0 aliphatic heterocycles. The minimum absolute atomic E-state index is 0.183. The number of nitro benzene ring substituents is 1. The number of para-hydroxylation sites is 1. The molecule has 0 aromatic heterocycles. The van der Waals surface area contributed by atoms with Crippen molar-refractivity contribution < 1.29 is 14.1 Å². The van der Waals surface area contributed by atoms with E-state index in [0.717, 1.165) is 12.1 Å². The van der Waals surface area contributed by atoms with Gasteiger partial charge in [0.05, 0.1) is 11.0 Å². The fourth-order valence-electron chi connectivity index (χ4n) is 1.80. The van der Waals surface area contributed by atoms with Crippen LogP contribution < -0.4 is 5.32 Å². The van der Waals surface area contributed by atoms with E-state index in [-0.39, 0.29) is 11.4 Å². The van der Waals surface area contributed by atoms with Gasteiger partial charge in [0.2, 0.25) is 0 Å². The molecule has 108 valence electrons. The second kappa shape index (κ2) is 6.32. The van der Waals surface area contributed by atoms with Crippen LogP contribution in [0.1, 0.15) is 15.9 Å². The molecule has 0 aliphatic rings. The van der Waals surface area contributed by atoms with E-state index in [2.05, 4.69) is 5.32 Å². The first-order valence-corrected chi connectivity index (χ1v) is 6.45. The molecule has 0 heterocycles. The summed E-state index contributed by atoms with van der Waals surface area (Å²) < 4.78 is 13.1. The summed E-state index contributed by atoms with van der Waals surface area (Å²) in [5.41, 5.74) is 0.329. The average molecular weight is 309 g/mol. The number of nitro groups is 1. The lowest BCUT2D eigenvalue weighted by Crippen LogP contribution is -2.15. The van der Waals surface area contributed by atoms with Crippen LogP contribution in [0.2, 0.25) is 0 Å². The van der Waals surface area contributed by atoms with E-state index in [4.69, 9.17) is 11.6 Å². The predicted octanol–water partition coefficient (Wildman–Crippen LogP) is 3.73. The molecule has 0 spiro atoms. The number of nitrogens with one attached hydrogen (secondary N) is 1. The third-order valence-corrected chi connectivity index (χ3v) is 3.10. The minimum Gasteiger partial charge on any atom is -0.321 e. The van der Waals surface area contributed by atoms with Crippen LogP contribution in [0.15, 0.2) is 42.5 Å². The number of alkyl halides is 1. The third kappa shape index (κ3) is 3.35. The Morgan fingerprint density at radius 2 is 2.00 bits per heavy atom. The largest absolute Gasteiger partial charge is 0.321 e. The van der Waals surface area contributed by atoms with Crippen molar-refractivity contribution in [1.82, 2.24) is 0 Å². The van der Waals surface area contributed by atoms with Gasteiger partial charge in [-0.15, -0.1) is 11.6 Å². The molecule has 0 aliphatic carbocycles. The van der Waals surface area contributed by atoms with Gasteiger partial charge in [0.1, 0.15) is 11.4 Å². The van der Waals surface area contributed by atoms with E-state index in [1.807, 2.05) is 0 Å². The Kier molecular flexibility index (Phi) is 4.49. The highest BCUT2D eigenvalue weighted by atomic mass is 35.5. The van der Waals surface area contributed by atoms with Crippen molar-refractivity contribution in [3.05, 3.63) is 69.5 Å². The lowest BCUT2D eigenvalue weighted by Gasteiger charge is -2.09. The fourth-order valence-corrected chi connectivity index (χ4v) is 2.03. The third-order valence-electron chi connectivity index (χ3n) is 2.81. The van der Waals surface area contributed by atoms with Gasteiger partial charge in [-0.3, -0.25) is 14.9 Å². The number of hydrogen-bond acceptors (Lipinski definition) is 3. The quantitative estimate of drug-likeness (QED) is 0.531. The van der Waals surface area contributed by atoms with Crippen molar-refractivity contribution >= 4 is 28.9 Å². The van der Waals surface area contributed by atoms with Crippen molar-refractivity contribution in [3.63, 3.8) is 0 Å². The molecule has 5 nitrogen and oxygen atoms in total. The highest BCUT2D eigenvalue weighted by Gasteiger charge is 2.21. The summed E-state index contributed by atoms with van der Waals surface area (Å²) in [6.45, 7) is 0. The molecule has 0 fully saturated rings. The zero-order valence-electron chi connectivity index (χ0n) is 10.7. The fraction of sp³-hybridized carbons (Fsp3) is 0.0714. The van der Waals surface area contributed by atoms with Gasteiger partial charge in [-0.05, 0) is 23.8 Å². The standard InChI is InChI=1S/C14H10ClFN2O3/c15-8-9-3-1-2-4-12(9)17-14(19)11-6-5-10(16)7-13(11)18(20)21/h1-7H,8H2,(H,17,19). The molecule has 21 heavy (non-hydrogen) atoms. The number of amides is 1. The van der Waals surface area contributed by atoms with Crippen LogP contribution in [0.4, 0.5) is 15.8 Å². The molecule has 0 saturated carbocycles. The molecular weight excluding hydrogens is 299 g/mol. The first-order chi connectivity index (χ1) is 10.0. The summed E-state index contributed by atoms with van der Waals surface area (Å²) in [6.07, 6.45) is 0. The summed E-state index contributed by atoms with van der Waals surface area (Å²) in [7, 11) is 0. The van der Waals surface area contributed by atoms with Crippen LogP contribution in [-0.2, 0) is 5.88 Å². The maximum absolute atomic E-state index is 13.1. The van der Waals surface area contributed by atoms with Gasteiger partial charge in [0.25, 0.3) is 11.6 Å². The summed E-state index contributed by atoms with van der Waals surface area (Å²) >= 11 is 5.75. The molecule has 0 bridgehead atoms. The second-order valence-electron chi connectivity index (χ2n) is 4.16. The van der Waals surface area contributed by atoms with Gasteiger partial charge in [0, 0.05) is 11.6 Å². The van der Waals surface area contributed by atoms with Crippen LogP contribution in [0, 0.1) is 15.9 Å². The molecule has 2 aromatic carbocycles. The molecule has 0 atom stereocenters. The Hall–Kier alpha value is -2.47. The van der Waals surface area contributed by atoms with Crippen molar-refractivity contribution in [2.24, 2.45) is 0 Å². The molecule has 7 heteroatoms. The summed E-state index contributed by atoms with van der Waals surface area (Å²) in [5, 5.41) is 13.4. The van der Waals surface area contributed by atoms with Crippen LogP contribution in [0.5, 0.6) is 0 Å². The SMILES string of the molecule is O=C(Nc1ccccc1CCl)c1ccc(F)cc1[N+](=O)[O-]. The van der Waals surface area contributed by atoms with Crippen LogP contribution in [0.25, 0.3) is 0 Å². The van der Waals surface area contributed by atoms with E-state index < -0.39 is 22.3 Å². The molecule has 1 amide bonds. The molecule has 1 N–H and O–H groups in total. The van der Waals surface area contributed by atoms with E-state index in [1.54, 1.807) is 24.3 Å². The smallest absolute Gasteiger partial charge is 0.285 e. The first kappa shape index (κ1) is 14.9. The van der Waals surface area contributed by atoms with Crippen LogP contribution >= 0.6 is 11.6 Å². The second-order valence-corrected chi connectivity index (χ2v) is 4.43. The van der Waals surface area contributed by atoms with Gasteiger partial charge in [0.15, 0.2) is 0 Å². The van der Waals surface area contributed by atoms with Gasteiger partial charge in [-0.2, -0.15) is 0 Å². The normalized spacial score (nSPS) is 10.2. The van der Waals surface area contributed by atoms with Crippen LogP contribution in [-0.4, -0.2) is 10.8 Å². The maximum atomic E-state index is 13.1. The molecule has 2 rings (SSSR count). The Morgan fingerprint density at radius 3 is 2.67 bits per heavy atom. The summed E-state index contributed by atoms with van der Waals surface area (Å²) in [5.74, 6) is -1.29. The molecule has 0 radical (unpaired) electrons. The van der Waals surface area contributed by atoms with Gasteiger partial charge in [-0.1, -0.05) is 18.2 Å². The van der Waals surface area contributed by atoms with E-state index in [9.17, 15) is 19.3 Å². The number of halogens is 2. The van der Waals surface area contributed by atoms with Crippen molar-refractivity contribution in [1.29, 1.82) is 0 Å². The number of carbonyl (C=O) groups excluding carboxylic acids is 1. The predicted molar refractivity (Wildman–Crippen MR) is 77.0 cm³/mol. The van der Waals surface area contributed by atoms with Crippen molar-refractivity contribution in [3.8, 4) is 0 Å². The van der Waals surface area contributed by atoms with Gasteiger partial charge >= 0.3 is 0 Å². The molecule has 0 unspecified atom stereocenters. The number of anilines is 1. The molecule has 0 saturated heterocycles. The lowest BCUT2D eigenvalue weighted by atomic mass is 10.1. The molecular formula is C14H10ClFN2O3. The average Bonchev–Trinajstić information content (AvgIpc) is 2.47. The van der Waals surface area contributed by atoms with Gasteiger partial charge in [-0.25, -0.2) is 4.39 Å². The first-order valence-electron chi connectivity index (χ1n) is 5.92. The zero-order chi connectivity index (χ0) is 15.4.